The summed E-state index contributed by atoms with van der Waals surface area (Å²) in [6, 6.07) is 7.43. The molecule has 1 aromatic carbocycles. The zero-order valence-corrected chi connectivity index (χ0v) is 10.4. The van der Waals surface area contributed by atoms with Crippen molar-refractivity contribution in [2.75, 3.05) is 14.2 Å². The number of aromatic nitrogens is 2. The van der Waals surface area contributed by atoms with E-state index in [9.17, 15) is 0 Å². The van der Waals surface area contributed by atoms with Gasteiger partial charge in [-0.2, -0.15) is 0 Å². The Labute approximate surface area is 104 Å². The summed E-state index contributed by atoms with van der Waals surface area (Å²) < 4.78 is 11.0. The first-order valence-corrected chi connectivity index (χ1v) is 5.42. The number of nitrogens with zero attached hydrogens (tertiary/aromatic N) is 1. The molecule has 0 aliphatic heterocycles. The van der Waals surface area contributed by atoms with Crippen molar-refractivity contribution in [1.82, 2.24) is 9.97 Å². The van der Waals surface area contributed by atoms with Crippen LogP contribution in [0.5, 0.6) is 11.5 Å². The Kier molecular flexibility index (Phi) is 3.39. The van der Waals surface area contributed by atoms with Gasteiger partial charge in [-0.25, -0.2) is 4.98 Å². The van der Waals surface area contributed by atoms with Crippen LogP contribution in [0.2, 0.25) is 0 Å². The van der Waals surface area contributed by atoms with Crippen LogP contribution in [0.25, 0.3) is 11.3 Å². The zero-order valence-electron chi connectivity index (χ0n) is 9.56. The monoisotopic (exact) mass is 248 g/mol. The van der Waals surface area contributed by atoms with Crippen molar-refractivity contribution in [2.24, 2.45) is 0 Å². The molecule has 0 saturated heterocycles. The van der Waals surface area contributed by atoms with Crippen LogP contribution in [0.1, 0.15) is 0 Å². The van der Waals surface area contributed by atoms with Gasteiger partial charge in [-0.1, -0.05) is 12.2 Å². The molecule has 0 atom stereocenters. The number of hydrogen-bond donors (Lipinski definition) is 1. The van der Waals surface area contributed by atoms with Crippen molar-refractivity contribution in [3.05, 3.63) is 35.2 Å². The maximum atomic E-state index is 5.21. The van der Waals surface area contributed by atoms with Crippen LogP contribution in [-0.4, -0.2) is 24.2 Å². The van der Waals surface area contributed by atoms with Crippen molar-refractivity contribution < 1.29 is 9.47 Å². The van der Waals surface area contributed by atoms with Crippen LogP contribution in [0.3, 0.4) is 0 Å². The van der Waals surface area contributed by atoms with Crippen LogP contribution in [0, 0.1) is 4.64 Å². The average molecular weight is 248 g/mol. The van der Waals surface area contributed by atoms with E-state index in [1.165, 1.54) is 0 Å². The van der Waals surface area contributed by atoms with Gasteiger partial charge >= 0.3 is 0 Å². The summed E-state index contributed by atoms with van der Waals surface area (Å²) in [5, 5.41) is 0. The molecule has 0 unspecified atom stereocenters. The number of ether oxygens (including phenoxy) is 2. The largest absolute Gasteiger partial charge is 0.497 e. The highest BCUT2D eigenvalue weighted by Gasteiger charge is 2.04. The van der Waals surface area contributed by atoms with Crippen LogP contribution in [0.4, 0.5) is 0 Å². The summed E-state index contributed by atoms with van der Waals surface area (Å²) in [5.41, 5.74) is 1.82. The highest BCUT2D eigenvalue weighted by Crippen LogP contribution is 2.28. The van der Waals surface area contributed by atoms with Crippen LogP contribution in [-0.2, 0) is 0 Å². The van der Waals surface area contributed by atoms with E-state index in [0.717, 1.165) is 22.8 Å². The molecular formula is C12H12N2O2S. The Morgan fingerprint density at radius 1 is 1.06 bits per heavy atom. The Hall–Kier alpha value is -1.88. The van der Waals surface area contributed by atoms with E-state index in [2.05, 4.69) is 9.97 Å². The predicted molar refractivity (Wildman–Crippen MR) is 68.0 cm³/mol. The number of rotatable bonds is 3. The fourth-order valence-electron chi connectivity index (χ4n) is 1.50. The molecule has 2 rings (SSSR count). The van der Waals surface area contributed by atoms with E-state index in [1.807, 2.05) is 18.2 Å². The Balaban J connectivity index is 2.54. The lowest BCUT2D eigenvalue weighted by molar-refractivity contribution is 0.394. The summed E-state index contributed by atoms with van der Waals surface area (Å²) in [6.45, 7) is 0. The molecule has 0 aliphatic carbocycles. The lowest BCUT2D eigenvalue weighted by Crippen LogP contribution is -1.90. The van der Waals surface area contributed by atoms with E-state index >= 15 is 0 Å². The second-order valence-electron chi connectivity index (χ2n) is 3.40. The van der Waals surface area contributed by atoms with Gasteiger partial charge in [0, 0.05) is 17.3 Å². The molecule has 2 aromatic rings. The molecule has 1 aromatic heterocycles. The summed E-state index contributed by atoms with van der Waals surface area (Å²) in [6.07, 6.45) is 1.57. The molecule has 0 bridgehead atoms. The van der Waals surface area contributed by atoms with Crippen molar-refractivity contribution in [2.45, 2.75) is 0 Å². The molecule has 0 radical (unpaired) electrons. The van der Waals surface area contributed by atoms with Gasteiger partial charge in [0.1, 0.15) is 16.1 Å². The summed E-state index contributed by atoms with van der Waals surface area (Å²) in [7, 11) is 3.24. The minimum Gasteiger partial charge on any atom is -0.497 e. The first-order chi connectivity index (χ1) is 8.22. The van der Waals surface area contributed by atoms with Gasteiger partial charge in [0.05, 0.1) is 20.5 Å². The SMILES string of the molecule is COc1cc(OC)cc(-c2cc(=S)nc[nH]2)c1. The molecule has 17 heavy (non-hydrogen) atoms. The lowest BCUT2D eigenvalue weighted by atomic mass is 10.1. The van der Waals surface area contributed by atoms with Gasteiger partial charge in [0.25, 0.3) is 0 Å². The number of nitrogens with one attached hydrogen (secondary N) is 1. The normalized spacial score (nSPS) is 10.0. The fourth-order valence-corrected chi connectivity index (χ4v) is 1.67. The topological polar surface area (TPSA) is 47.1 Å². The summed E-state index contributed by atoms with van der Waals surface area (Å²) in [4.78, 5) is 6.99. The van der Waals surface area contributed by atoms with Crippen molar-refractivity contribution in [3.63, 3.8) is 0 Å². The number of H-pyrrole nitrogens is 1. The van der Waals surface area contributed by atoms with E-state index in [4.69, 9.17) is 21.7 Å². The van der Waals surface area contributed by atoms with E-state index in [-0.39, 0.29) is 0 Å². The van der Waals surface area contributed by atoms with E-state index in [1.54, 1.807) is 26.6 Å². The third-order valence-electron chi connectivity index (χ3n) is 2.34. The zero-order chi connectivity index (χ0) is 12.3. The van der Waals surface area contributed by atoms with Gasteiger partial charge in [-0.05, 0) is 18.2 Å². The van der Waals surface area contributed by atoms with Gasteiger partial charge in [0.2, 0.25) is 0 Å². The maximum Gasteiger partial charge on any atom is 0.130 e. The standard InChI is InChI=1S/C12H12N2O2S/c1-15-9-3-8(4-10(5-9)16-2)11-6-12(17)14-7-13-11/h3-7H,1-2H3,(H,13,14,17). The molecule has 0 spiro atoms. The third-order valence-corrected chi connectivity index (χ3v) is 2.57. The summed E-state index contributed by atoms with van der Waals surface area (Å²) in [5.74, 6) is 1.46. The van der Waals surface area contributed by atoms with Crippen LogP contribution >= 0.6 is 12.2 Å². The fraction of sp³-hybridized carbons (Fsp3) is 0.167. The second-order valence-corrected chi connectivity index (χ2v) is 3.82. The van der Waals surface area contributed by atoms with Gasteiger partial charge < -0.3 is 14.5 Å². The minimum absolute atomic E-state index is 0.542. The Morgan fingerprint density at radius 2 is 1.71 bits per heavy atom. The summed E-state index contributed by atoms with van der Waals surface area (Å²) >= 11 is 5.03. The first-order valence-electron chi connectivity index (χ1n) is 5.01. The van der Waals surface area contributed by atoms with Crippen molar-refractivity contribution in [1.29, 1.82) is 0 Å². The van der Waals surface area contributed by atoms with Crippen molar-refractivity contribution in [3.8, 4) is 22.8 Å². The molecule has 1 N–H and O–H groups in total. The Bertz CT molecular complexity index is 558. The molecule has 0 amide bonds. The lowest BCUT2D eigenvalue weighted by Gasteiger charge is -2.08. The smallest absolute Gasteiger partial charge is 0.130 e. The second kappa shape index (κ2) is 4.97. The quantitative estimate of drug-likeness (QED) is 0.848. The molecule has 0 saturated carbocycles. The number of aromatic amines is 1. The number of methoxy groups -OCH3 is 2. The highest BCUT2D eigenvalue weighted by atomic mass is 32.1. The number of hydrogen-bond acceptors (Lipinski definition) is 4. The maximum absolute atomic E-state index is 5.21. The van der Waals surface area contributed by atoms with Crippen molar-refractivity contribution >= 4 is 12.2 Å². The van der Waals surface area contributed by atoms with Crippen LogP contribution in [0.15, 0.2) is 30.6 Å². The van der Waals surface area contributed by atoms with Gasteiger partial charge in [-0.3, -0.25) is 0 Å². The molecule has 0 fully saturated rings. The first kappa shape index (κ1) is 11.6. The molecule has 88 valence electrons. The average Bonchev–Trinajstić information content (AvgIpc) is 2.38. The molecule has 1 heterocycles. The number of benzene rings is 1. The van der Waals surface area contributed by atoms with Crippen LogP contribution < -0.4 is 9.47 Å². The molecule has 5 heteroatoms. The van der Waals surface area contributed by atoms with E-state index < -0.39 is 0 Å². The highest BCUT2D eigenvalue weighted by molar-refractivity contribution is 7.71. The molecular weight excluding hydrogens is 236 g/mol. The Morgan fingerprint density at radius 3 is 2.24 bits per heavy atom. The molecule has 0 aliphatic rings. The predicted octanol–water partition coefficient (Wildman–Crippen LogP) is 2.82. The third kappa shape index (κ3) is 2.62. The minimum atomic E-state index is 0.542. The van der Waals surface area contributed by atoms with Gasteiger partial charge in [-0.15, -0.1) is 0 Å². The van der Waals surface area contributed by atoms with E-state index in [0.29, 0.717) is 4.64 Å². The van der Waals surface area contributed by atoms with Gasteiger partial charge in [0.15, 0.2) is 0 Å². The molecule has 4 nitrogen and oxygen atoms in total.